The van der Waals surface area contributed by atoms with Gasteiger partial charge in [-0.15, -0.1) is 0 Å². The SMILES string of the molecule is CNC1CCC(c2ccccc2F)CC1. The summed E-state index contributed by atoms with van der Waals surface area (Å²) < 4.78 is 13.5. The Labute approximate surface area is 90.7 Å². The number of halogens is 1. The van der Waals surface area contributed by atoms with Crippen LogP contribution < -0.4 is 5.32 Å². The van der Waals surface area contributed by atoms with Gasteiger partial charge in [-0.1, -0.05) is 18.2 Å². The molecule has 1 aromatic carbocycles. The van der Waals surface area contributed by atoms with E-state index in [9.17, 15) is 4.39 Å². The molecule has 1 fully saturated rings. The standard InChI is InChI=1S/C13H18FN/c1-15-11-8-6-10(7-9-11)12-4-2-3-5-13(12)14/h2-5,10-11,15H,6-9H2,1H3. The average molecular weight is 207 g/mol. The summed E-state index contributed by atoms with van der Waals surface area (Å²) in [6.07, 6.45) is 4.53. The maximum Gasteiger partial charge on any atom is 0.126 e. The lowest BCUT2D eigenvalue weighted by Gasteiger charge is -2.28. The smallest absolute Gasteiger partial charge is 0.126 e. The zero-order valence-electron chi connectivity index (χ0n) is 9.17. The Morgan fingerprint density at radius 3 is 2.40 bits per heavy atom. The summed E-state index contributed by atoms with van der Waals surface area (Å²) in [5, 5.41) is 3.30. The second-order valence-corrected chi connectivity index (χ2v) is 4.36. The molecule has 1 N–H and O–H groups in total. The summed E-state index contributed by atoms with van der Waals surface area (Å²) in [6, 6.07) is 7.83. The third kappa shape index (κ3) is 2.37. The number of rotatable bonds is 2. The normalized spacial score (nSPS) is 26.5. The second kappa shape index (κ2) is 4.75. The number of benzene rings is 1. The van der Waals surface area contributed by atoms with E-state index in [4.69, 9.17) is 0 Å². The van der Waals surface area contributed by atoms with E-state index in [0.29, 0.717) is 12.0 Å². The van der Waals surface area contributed by atoms with E-state index in [1.807, 2.05) is 19.2 Å². The first-order valence-electron chi connectivity index (χ1n) is 5.73. The van der Waals surface area contributed by atoms with Gasteiger partial charge in [-0.25, -0.2) is 4.39 Å². The van der Waals surface area contributed by atoms with Crippen LogP contribution in [-0.2, 0) is 0 Å². The van der Waals surface area contributed by atoms with E-state index in [2.05, 4.69) is 5.32 Å². The van der Waals surface area contributed by atoms with Crippen molar-refractivity contribution in [1.82, 2.24) is 5.32 Å². The van der Waals surface area contributed by atoms with Crippen molar-refractivity contribution in [3.63, 3.8) is 0 Å². The van der Waals surface area contributed by atoms with E-state index in [1.54, 1.807) is 12.1 Å². The summed E-state index contributed by atoms with van der Waals surface area (Å²) >= 11 is 0. The molecule has 0 amide bonds. The molecule has 0 atom stereocenters. The van der Waals surface area contributed by atoms with Gasteiger partial charge in [0.25, 0.3) is 0 Å². The van der Waals surface area contributed by atoms with E-state index in [-0.39, 0.29) is 5.82 Å². The molecule has 0 saturated heterocycles. The maximum absolute atomic E-state index is 13.5. The number of nitrogens with one attached hydrogen (secondary N) is 1. The lowest BCUT2D eigenvalue weighted by Crippen LogP contribution is -2.29. The Balaban J connectivity index is 2.04. The Morgan fingerprint density at radius 1 is 1.13 bits per heavy atom. The lowest BCUT2D eigenvalue weighted by atomic mass is 9.81. The van der Waals surface area contributed by atoms with Crippen LogP contribution in [0.15, 0.2) is 24.3 Å². The van der Waals surface area contributed by atoms with E-state index < -0.39 is 0 Å². The van der Waals surface area contributed by atoms with Crippen LogP contribution in [0.4, 0.5) is 4.39 Å². The maximum atomic E-state index is 13.5. The Bertz CT molecular complexity index is 316. The Kier molecular flexibility index (Phi) is 3.37. The fourth-order valence-corrected chi connectivity index (χ4v) is 2.50. The van der Waals surface area contributed by atoms with Crippen LogP contribution in [0.2, 0.25) is 0 Å². The van der Waals surface area contributed by atoms with Gasteiger partial charge in [0.05, 0.1) is 0 Å². The van der Waals surface area contributed by atoms with Gasteiger partial charge >= 0.3 is 0 Å². The number of hydrogen-bond donors (Lipinski definition) is 1. The highest BCUT2D eigenvalue weighted by atomic mass is 19.1. The van der Waals surface area contributed by atoms with Crippen LogP contribution in [0.3, 0.4) is 0 Å². The molecule has 0 spiro atoms. The van der Waals surface area contributed by atoms with E-state index in [1.165, 1.54) is 0 Å². The third-order valence-corrected chi connectivity index (χ3v) is 3.48. The average Bonchev–Trinajstić information content (AvgIpc) is 2.30. The van der Waals surface area contributed by atoms with Crippen molar-refractivity contribution in [2.75, 3.05) is 7.05 Å². The van der Waals surface area contributed by atoms with Crippen LogP contribution in [0.1, 0.15) is 37.2 Å². The van der Waals surface area contributed by atoms with Crippen LogP contribution in [0, 0.1) is 5.82 Å². The van der Waals surface area contributed by atoms with Gasteiger partial charge < -0.3 is 5.32 Å². The predicted molar refractivity (Wildman–Crippen MR) is 60.5 cm³/mol. The largest absolute Gasteiger partial charge is 0.317 e. The zero-order chi connectivity index (χ0) is 10.7. The minimum Gasteiger partial charge on any atom is -0.317 e. The summed E-state index contributed by atoms with van der Waals surface area (Å²) in [7, 11) is 2.01. The molecule has 0 radical (unpaired) electrons. The number of hydrogen-bond acceptors (Lipinski definition) is 1. The molecule has 0 unspecified atom stereocenters. The van der Waals surface area contributed by atoms with E-state index >= 15 is 0 Å². The molecule has 1 aliphatic carbocycles. The molecule has 0 aromatic heterocycles. The highest BCUT2D eigenvalue weighted by Gasteiger charge is 2.22. The van der Waals surface area contributed by atoms with Crippen molar-refractivity contribution in [3.05, 3.63) is 35.6 Å². The Hall–Kier alpha value is -0.890. The molecule has 2 rings (SSSR count). The minimum absolute atomic E-state index is 0.0367. The minimum atomic E-state index is -0.0367. The van der Waals surface area contributed by atoms with Gasteiger partial charge in [0.15, 0.2) is 0 Å². The molecule has 1 nitrogen and oxygen atoms in total. The monoisotopic (exact) mass is 207 g/mol. The van der Waals surface area contributed by atoms with Crippen molar-refractivity contribution < 1.29 is 4.39 Å². The van der Waals surface area contributed by atoms with Gasteiger partial charge in [-0.2, -0.15) is 0 Å². The molecule has 15 heavy (non-hydrogen) atoms. The van der Waals surface area contributed by atoms with Crippen molar-refractivity contribution in [3.8, 4) is 0 Å². The van der Waals surface area contributed by atoms with Crippen LogP contribution >= 0.6 is 0 Å². The van der Waals surface area contributed by atoms with Crippen LogP contribution in [-0.4, -0.2) is 13.1 Å². The van der Waals surface area contributed by atoms with Crippen molar-refractivity contribution in [1.29, 1.82) is 0 Å². The quantitative estimate of drug-likeness (QED) is 0.786. The molecule has 1 aromatic rings. The van der Waals surface area contributed by atoms with Gasteiger partial charge in [0.2, 0.25) is 0 Å². The zero-order valence-corrected chi connectivity index (χ0v) is 9.17. The fourth-order valence-electron chi connectivity index (χ4n) is 2.50. The first-order chi connectivity index (χ1) is 7.31. The van der Waals surface area contributed by atoms with Crippen molar-refractivity contribution >= 4 is 0 Å². The first-order valence-corrected chi connectivity index (χ1v) is 5.73. The summed E-state index contributed by atoms with van der Waals surface area (Å²) in [4.78, 5) is 0. The van der Waals surface area contributed by atoms with Crippen molar-refractivity contribution in [2.24, 2.45) is 0 Å². The topological polar surface area (TPSA) is 12.0 Å². The molecular weight excluding hydrogens is 189 g/mol. The van der Waals surface area contributed by atoms with Crippen LogP contribution in [0.5, 0.6) is 0 Å². The summed E-state index contributed by atoms with van der Waals surface area (Å²) in [5.74, 6) is 0.390. The van der Waals surface area contributed by atoms with Gasteiger partial charge in [-0.05, 0) is 50.3 Å². The Morgan fingerprint density at radius 2 is 1.80 bits per heavy atom. The van der Waals surface area contributed by atoms with E-state index in [0.717, 1.165) is 31.2 Å². The molecule has 1 saturated carbocycles. The molecular formula is C13H18FN. The molecule has 2 heteroatoms. The van der Waals surface area contributed by atoms with Gasteiger partial charge in [-0.3, -0.25) is 0 Å². The molecule has 82 valence electrons. The molecule has 0 aliphatic heterocycles. The predicted octanol–water partition coefficient (Wildman–Crippen LogP) is 3.07. The fraction of sp³-hybridized carbons (Fsp3) is 0.538. The van der Waals surface area contributed by atoms with Gasteiger partial charge in [0, 0.05) is 6.04 Å². The molecule has 1 aliphatic rings. The third-order valence-electron chi connectivity index (χ3n) is 3.48. The summed E-state index contributed by atoms with van der Waals surface area (Å²) in [6.45, 7) is 0. The molecule has 0 bridgehead atoms. The van der Waals surface area contributed by atoms with Crippen molar-refractivity contribution in [2.45, 2.75) is 37.6 Å². The second-order valence-electron chi connectivity index (χ2n) is 4.36. The lowest BCUT2D eigenvalue weighted by molar-refractivity contribution is 0.353. The van der Waals surface area contributed by atoms with Gasteiger partial charge in [0.1, 0.15) is 5.82 Å². The highest BCUT2D eigenvalue weighted by molar-refractivity contribution is 5.22. The van der Waals surface area contributed by atoms with Crippen LogP contribution in [0.25, 0.3) is 0 Å². The highest BCUT2D eigenvalue weighted by Crippen LogP contribution is 2.33. The molecule has 0 heterocycles. The summed E-state index contributed by atoms with van der Waals surface area (Å²) in [5.41, 5.74) is 0.909. The first kappa shape index (κ1) is 10.6.